The number of rotatable bonds is 3. The summed E-state index contributed by atoms with van der Waals surface area (Å²) in [6.07, 6.45) is 0. The minimum Gasteiger partial charge on any atom is -0.399 e. The van der Waals surface area contributed by atoms with Crippen LogP contribution < -0.4 is 5.01 Å². The molecule has 0 saturated carbocycles. The molecule has 2 heterocycles. The second-order valence-corrected chi connectivity index (χ2v) is 4.16. The van der Waals surface area contributed by atoms with Crippen molar-refractivity contribution in [2.24, 2.45) is 0 Å². The average molecular weight is 293 g/mol. The first-order valence-corrected chi connectivity index (χ1v) is 5.81. The third-order valence-corrected chi connectivity index (χ3v) is 2.66. The molecular formula is C11H11N5O5. The number of carbonyl (C=O) groups is 2. The van der Waals surface area contributed by atoms with E-state index in [0.29, 0.717) is 5.69 Å². The van der Waals surface area contributed by atoms with Gasteiger partial charge in [0, 0.05) is 13.8 Å². The summed E-state index contributed by atoms with van der Waals surface area (Å²) in [6.45, 7) is 3.97. The molecule has 2 aromatic rings. The first-order valence-electron chi connectivity index (χ1n) is 5.81. The zero-order valence-corrected chi connectivity index (χ0v) is 11.4. The van der Waals surface area contributed by atoms with E-state index in [-0.39, 0.29) is 11.5 Å². The van der Waals surface area contributed by atoms with Gasteiger partial charge >= 0.3 is 5.88 Å². The molecule has 0 aliphatic heterocycles. The van der Waals surface area contributed by atoms with Gasteiger partial charge in [0.1, 0.15) is 4.92 Å². The molecule has 0 radical (unpaired) electrons. The summed E-state index contributed by atoms with van der Waals surface area (Å²) in [5.41, 5.74) is 0.542. The van der Waals surface area contributed by atoms with Crippen molar-refractivity contribution in [2.45, 2.75) is 20.8 Å². The fraction of sp³-hybridized carbons (Fsp3) is 0.273. The Balaban J connectivity index is 2.46. The first kappa shape index (κ1) is 14.4. The van der Waals surface area contributed by atoms with E-state index in [9.17, 15) is 19.7 Å². The summed E-state index contributed by atoms with van der Waals surface area (Å²) in [6, 6.07) is 2.55. The number of nitrogens with zero attached hydrogens (tertiary/aromatic N) is 5. The Bertz CT molecular complexity index is 717. The predicted octanol–water partition coefficient (Wildman–Crippen LogP) is 0.786. The molecule has 0 bridgehead atoms. The lowest BCUT2D eigenvalue weighted by Gasteiger charge is -2.16. The largest absolute Gasteiger partial charge is 0.433 e. The highest BCUT2D eigenvalue weighted by atomic mass is 16.6. The van der Waals surface area contributed by atoms with E-state index in [0.717, 1.165) is 9.80 Å². The standard InChI is InChI=1S/C11H11N5O5/c1-6-11(9-4-5-10(21-9)16(19)20)12-13-15(6)14(7(2)17)8(3)18/h4-5H,1-3H3. The zero-order valence-electron chi connectivity index (χ0n) is 11.4. The fourth-order valence-electron chi connectivity index (χ4n) is 1.78. The Morgan fingerprint density at radius 2 is 1.95 bits per heavy atom. The molecule has 2 aromatic heterocycles. The van der Waals surface area contributed by atoms with Crippen molar-refractivity contribution in [3.05, 3.63) is 27.9 Å². The second-order valence-electron chi connectivity index (χ2n) is 4.16. The van der Waals surface area contributed by atoms with E-state index < -0.39 is 22.6 Å². The minimum atomic E-state index is -0.680. The van der Waals surface area contributed by atoms with Gasteiger partial charge < -0.3 is 4.42 Å². The van der Waals surface area contributed by atoms with Crippen LogP contribution in [0.1, 0.15) is 19.5 Å². The highest BCUT2D eigenvalue weighted by Crippen LogP contribution is 2.26. The van der Waals surface area contributed by atoms with Gasteiger partial charge in [-0.1, -0.05) is 0 Å². The van der Waals surface area contributed by atoms with Crippen molar-refractivity contribution >= 4 is 17.7 Å². The highest BCUT2D eigenvalue weighted by molar-refractivity contribution is 6.06. The molecule has 2 amide bonds. The smallest absolute Gasteiger partial charge is 0.399 e. The fourth-order valence-corrected chi connectivity index (χ4v) is 1.78. The molecule has 0 aliphatic carbocycles. The SMILES string of the molecule is CC(=O)N(C(C)=O)n1nnc(-c2ccc([N+](=O)[O-])o2)c1C. The molecule has 0 aromatic carbocycles. The number of amides is 2. The zero-order chi connectivity index (χ0) is 15.7. The maximum Gasteiger partial charge on any atom is 0.433 e. The van der Waals surface area contributed by atoms with E-state index in [2.05, 4.69) is 10.3 Å². The van der Waals surface area contributed by atoms with Gasteiger partial charge in [-0.15, -0.1) is 9.89 Å². The molecule has 0 spiro atoms. The second kappa shape index (κ2) is 5.15. The lowest BCUT2D eigenvalue weighted by Crippen LogP contribution is -2.44. The molecular weight excluding hydrogens is 282 g/mol. The maximum absolute atomic E-state index is 11.5. The lowest BCUT2D eigenvalue weighted by molar-refractivity contribution is -0.401. The van der Waals surface area contributed by atoms with Gasteiger partial charge in [-0.2, -0.15) is 5.01 Å². The van der Waals surface area contributed by atoms with Crippen LogP contribution in [0.5, 0.6) is 0 Å². The molecule has 2 rings (SSSR count). The van der Waals surface area contributed by atoms with Gasteiger partial charge in [0.2, 0.25) is 11.8 Å². The monoisotopic (exact) mass is 293 g/mol. The number of hydrogen-bond acceptors (Lipinski definition) is 7. The Labute approximate surface area is 118 Å². The Kier molecular flexibility index (Phi) is 3.52. The molecule has 0 N–H and O–H groups in total. The lowest BCUT2D eigenvalue weighted by atomic mass is 10.3. The van der Waals surface area contributed by atoms with Crippen LogP contribution in [0.15, 0.2) is 16.5 Å². The van der Waals surface area contributed by atoms with Crippen LogP contribution in [0.2, 0.25) is 0 Å². The molecule has 0 atom stereocenters. The van der Waals surface area contributed by atoms with Gasteiger partial charge in [-0.3, -0.25) is 19.7 Å². The number of nitro groups is 1. The van der Waals surface area contributed by atoms with Crippen molar-refractivity contribution in [3.8, 4) is 11.5 Å². The number of imide groups is 1. The number of furan rings is 1. The number of aromatic nitrogens is 3. The van der Waals surface area contributed by atoms with E-state index in [1.807, 2.05) is 0 Å². The molecule has 21 heavy (non-hydrogen) atoms. The van der Waals surface area contributed by atoms with Gasteiger partial charge in [0.05, 0.1) is 11.8 Å². The molecule has 10 heteroatoms. The highest BCUT2D eigenvalue weighted by Gasteiger charge is 2.24. The Morgan fingerprint density at radius 3 is 2.43 bits per heavy atom. The van der Waals surface area contributed by atoms with Crippen LogP contribution in [0.3, 0.4) is 0 Å². The number of hydrogen-bond donors (Lipinski definition) is 0. The average Bonchev–Trinajstić information content (AvgIpc) is 2.97. The predicted molar refractivity (Wildman–Crippen MR) is 68.7 cm³/mol. The Hall–Kier alpha value is -3.04. The summed E-state index contributed by atoms with van der Waals surface area (Å²) >= 11 is 0. The van der Waals surface area contributed by atoms with Gasteiger partial charge in [-0.25, -0.2) is 0 Å². The van der Waals surface area contributed by atoms with E-state index in [4.69, 9.17) is 4.42 Å². The van der Waals surface area contributed by atoms with Crippen LogP contribution in [-0.4, -0.2) is 31.8 Å². The van der Waals surface area contributed by atoms with Crippen LogP contribution in [0.25, 0.3) is 11.5 Å². The molecule has 0 aliphatic rings. The van der Waals surface area contributed by atoms with Crippen LogP contribution >= 0.6 is 0 Å². The van der Waals surface area contributed by atoms with Gasteiger partial charge in [0.25, 0.3) is 0 Å². The summed E-state index contributed by atoms with van der Waals surface area (Å²) in [7, 11) is 0. The van der Waals surface area contributed by atoms with Gasteiger partial charge in [-0.05, 0) is 18.2 Å². The quantitative estimate of drug-likeness (QED) is 0.605. The van der Waals surface area contributed by atoms with E-state index >= 15 is 0 Å². The topological polar surface area (TPSA) is 124 Å². The van der Waals surface area contributed by atoms with Crippen LogP contribution in [0, 0.1) is 17.0 Å². The normalized spacial score (nSPS) is 10.4. The third-order valence-electron chi connectivity index (χ3n) is 2.66. The van der Waals surface area contributed by atoms with Crippen molar-refractivity contribution in [1.82, 2.24) is 15.1 Å². The molecule has 10 nitrogen and oxygen atoms in total. The van der Waals surface area contributed by atoms with Crippen molar-refractivity contribution in [1.29, 1.82) is 0 Å². The Morgan fingerprint density at radius 1 is 1.33 bits per heavy atom. The molecule has 110 valence electrons. The molecule has 0 saturated heterocycles. The van der Waals surface area contributed by atoms with Crippen molar-refractivity contribution in [2.75, 3.05) is 5.01 Å². The number of carbonyl (C=O) groups excluding carboxylic acids is 2. The van der Waals surface area contributed by atoms with Gasteiger partial charge in [0.15, 0.2) is 11.5 Å². The summed E-state index contributed by atoms with van der Waals surface area (Å²) in [5.74, 6) is -1.38. The van der Waals surface area contributed by atoms with Crippen molar-refractivity contribution in [3.63, 3.8) is 0 Å². The van der Waals surface area contributed by atoms with E-state index in [1.54, 1.807) is 6.92 Å². The van der Waals surface area contributed by atoms with Crippen LogP contribution in [-0.2, 0) is 9.59 Å². The molecule has 0 unspecified atom stereocenters. The summed E-state index contributed by atoms with van der Waals surface area (Å²) in [5, 5.41) is 18.9. The minimum absolute atomic E-state index is 0.123. The maximum atomic E-state index is 11.5. The first-order chi connectivity index (χ1) is 9.82. The third kappa shape index (κ3) is 2.50. The summed E-state index contributed by atoms with van der Waals surface area (Å²) in [4.78, 5) is 33.9. The summed E-state index contributed by atoms with van der Waals surface area (Å²) < 4.78 is 5.02. The molecule has 0 fully saturated rings. The van der Waals surface area contributed by atoms with Crippen LogP contribution in [0.4, 0.5) is 5.88 Å². The van der Waals surface area contributed by atoms with E-state index in [1.165, 1.54) is 26.0 Å². The van der Waals surface area contributed by atoms with Crippen molar-refractivity contribution < 1.29 is 18.9 Å².